The molecule has 2 unspecified atom stereocenters. The predicted octanol–water partition coefficient (Wildman–Crippen LogP) is 3.45. The highest BCUT2D eigenvalue weighted by atomic mass is 16.5. The van der Waals surface area contributed by atoms with E-state index in [1.54, 1.807) is 0 Å². The van der Waals surface area contributed by atoms with Crippen molar-refractivity contribution in [3.8, 4) is 0 Å². The molecule has 1 aromatic heterocycles. The van der Waals surface area contributed by atoms with Crippen LogP contribution in [-0.2, 0) is 16.6 Å². The fourth-order valence-electron chi connectivity index (χ4n) is 3.72. The number of fused-ring (bicyclic) bond motifs is 1. The van der Waals surface area contributed by atoms with E-state index in [2.05, 4.69) is 41.7 Å². The summed E-state index contributed by atoms with van der Waals surface area (Å²) < 4.78 is 5.39. The van der Waals surface area contributed by atoms with E-state index in [4.69, 9.17) is 4.52 Å². The quantitative estimate of drug-likeness (QED) is 0.944. The Kier molecular flexibility index (Phi) is 3.29. The van der Waals surface area contributed by atoms with Crippen LogP contribution in [0.15, 0.2) is 34.9 Å². The number of nitrogens with zero attached hydrogens (tertiary/aromatic N) is 1. The summed E-state index contributed by atoms with van der Waals surface area (Å²) in [6, 6.07) is 10.4. The summed E-state index contributed by atoms with van der Waals surface area (Å²) in [5, 5.41) is 7.26. The molecule has 0 aliphatic heterocycles. The molecule has 4 rings (SSSR count). The number of carbonyl (C=O) groups is 1. The van der Waals surface area contributed by atoms with Gasteiger partial charge in [-0.05, 0) is 49.7 Å². The standard InChI is InChI=1S/C19H22N2O2/c1-12-7-8-14-5-3-4-6-15(14)17(12)20-18(22)19(9-10-19)16-11-13(2)21-23-16/h3-6,11-12,17H,7-10H2,1-2H3,(H,20,22). The molecule has 0 saturated heterocycles. The van der Waals surface area contributed by atoms with E-state index in [-0.39, 0.29) is 11.9 Å². The maximum atomic E-state index is 13.0. The van der Waals surface area contributed by atoms with Gasteiger partial charge in [0.2, 0.25) is 5.91 Å². The van der Waals surface area contributed by atoms with Gasteiger partial charge in [0.15, 0.2) is 5.76 Å². The van der Waals surface area contributed by atoms with E-state index in [0.717, 1.165) is 31.4 Å². The molecule has 1 N–H and O–H groups in total. The highest BCUT2D eigenvalue weighted by molar-refractivity contribution is 5.90. The molecule has 4 heteroatoms. The first-order valence-electron chi connectivity index (χ1n) is 8.43. The summed E-state index contributed by atoms with van der Waals surface area (Å²) in [5.74, 6) is 1.24. The van der Waals surface area contributed by atoms with Crippen LogP contribution in [0.2, 0.25) is 0 Å². The molecule has 1 amide bonds. The zero-order valence-corrected chi connectivity index (χ0v) is 13.6. The van der Waals surface area contributed by atoms with Crippen molar-refractivity contribution in [1.29, 1.82) is 0 Å². The number of rotatable bonds is 3. The van der Waals surface area contributed by atoms with Crippen LogP contribution in [0, 0.1) is 12.8 Å². The summed E-state index contributed by atoms with van der Waals surface area (Å²) in [6.07, 6.45) is 3.89. The molecule has 0 radical (unpaired) electrons. The lowest BCUT2D eigenvalue weighted by atomic mass is 9.80. The molecule has 2 aliphatic rings. The van der Waals surface area contributed by atoms with E-state index in [1.807, 2.05) is 13.0 Å². The summed E-state index contributed by atoms with van der Waals surface area (Å²) in [5.41, 5.74) is 2.96. The van der Waals surface area contributed by atoms with Gasteiger partial charge in [0.25, 0.3) is 0 Å². The maximum Gasteiger partial charge on any atom is 0.234 e. The summed E-state index contributed by atoms with van der Waals surface area (Å²) >= 11 is 0. The Hall–Kier alpha value is -2.10. The van der Waals surface area contributed by atoms with Crippen LogP contribution in [0.25, 0.3) is 0 Å². The number of benzene rings is 1. The smallest absolute Gasteiger partial charge is 0.234 e. The van der Waals surface area contributed by atoms with E-state index >= 15 is 0 Å². The highest BCUT2D eigenvalue weighted by Gasteiger charge is 2.55. The van der Waals surface area contributed by atoms with Crippen molar-refractivity contribution in [2.45, 2.75) is 51.0 Å². The topological polar surface area (TPSA) is 55.1 Å². The zero-order chi connectivity index (χ0) is 16.0. The average molecular weight is 310 g/mol. The van der Waals surface area contributed by atoms with Gasteiger partial charge in [-0.15, -0.1) is 0 Å². The Morgan fingerprint density at radius 1 is 1.35 bits per heavy atom. The van der Waals surface area contributed by atoms with Gasteiger partial charge in [-0.3, -0.25) is 4.79 Å². The molecule has 2 aliphatic carbocycles. The van der Waals surface area contributed by atoms with Crippen LogP contribution in [0.3, 0.4) is 0 Å². The molecular formula is C19H22N2O2. The molecule has 1 aromatic carbocycles. The molecule has 23 heavy (non-hydrogen) atoms. The molecule has 0 spiro atoms. The van der Waals surface area contributed by atoms with Crippen molar-refractivity contribution in [2.75, 3.05) is 0 Å². The third-order valence-corrected chi connectivity index (χ3v) is 5.40. The van der Waals surface area contributed by atoms with Gasteiger partial charge >= 0.3 is 0 Å². The maximum absolute atomic E-state index is 13.0. The number of hydrogen-bond acceptors (Lipinski definition) is 3. The van der Waals surface area contributed by atoms with Crippen LogP contribution in [0.1, 0.15) is 54.8 Å². The number of aromatic nitrogens is 1. The van der Waals surface area contributed by atoms with E-state index in [1.165, 1.54) is 11.1 Å². The summed E-state index contributed by atoms with van der Waals surface area (Å²) in [7, 11) is 0. The van der Waals surface area contributed by atoms with Crippen molar-refractivity contribution in [2.24, 2.45) is 5.92 Å². The second-order valence-corrected chi connectivity index (χ2v) is 7.08. The van der Waals surface area contributed by atoms with Crippen molar-refractivity contribution >= 4 is 5.91 Å². The van der Waals surface area contributed by atoms with Crippen LogP contribution >= 0.6 is 0 Å². The predicted molar refractivity (Wildman–Crippen MR) is 87.0 cm³/mol. The molecular weight excluding hydrogens is 288 g/mol. The van der Waals surface area contributed by atoms with Crippen LogP contribution in [0.5, 0.6) is 0 Å². The van der Waals surface area contributed by atoms with Crippen molar-refractivity contribution in [3.05, 3.63) is 52.9 Å². The highest BCUT2D eigenvalue weighted by Crippen LogP contribution is 2.49. The van der Waals surface area contributed by atoms with Gasteiger partial charge in [0, 0.05) is 6.07 Å². The fourth-order valence-corrected chi connectivity index (χ4v) is 3.72. The molecule has 4 nitrogen and oxygen atoms in total. The first kappa shape index (κ1) is 14.5. The largest absolute Gasteiger partial charge is 0.360 e. The third-order valence-electron chi connectivity index (χ3n) is 5.40. The minimum Gasteiger partial charge on any atom is -0.360 e. The van der Waals surface area contributed by atoms with Gasteiger partial charge in [-0.1, -0.05) is 36.3 Å². The average Bonchev–Trinajstić information content (AvgIpc) is 3.26. The normalized spacial score (nSPS) is 24.8. The molecule has 0 bridgehead atoms. The Bertz CT molecular complexity index is 745. The van der Waals surface area contributed by atoms with Crippen LogP contribution in [-0.4, -0.2) is 11.1 Å². The second kappa shape index (κ2) is 5.22. The number of carbonyl (C=O) groups excluding carboxylic acids is 1. The molecule has 1 heterocycles. The Labute approximate surface area is 136 Å². The third kappa shape index (κ3) is 2.37. The van der Waals surface area contributed by atoms with Crippen LogP contribution < -0.4 is 5.32 Å². The van der Waals surface area contributed by atoms with Crippen molar-refractivity contribution in [1.82, 2.24) is 10.5 Å². The minimum atomic E-state index is -0.493. The summed E-state index contributed by atoms with van der Waals surface area (Å²) in [6.45, 7) is 4.11. The first-order chi connectivity index (χ1) is 11.1. The van der Waals surface area contributed by atoms with Crippen molar-refractivity contribution < 1.29 is 9.32 Å². The van der Waals surface area contributed by atoms with Gasteiger partial charge < -0.3 is 9.84 Å². The number of hydrogen-bond donors (Lipinski definition) is 1. The number of nitrogens with one attached hydrogen (secondary N) is 1. The van der Waals surface area contributed by atoms with Gasteiger partial charge in [0.05, 0.1) is 11.7 Å². The first-order valence-corrected chi connectivity index (χ1v) is 8.43. The summed E-state index contributed by atoms with van der Waals surface area (Å²) in [4.78, 5) is 13.0. The van der Waals surface area contributed by atoms with Crippen LogP contribution in [0.4, 0.5) is 0 Å². The molecule has 2 aromatic rings. The SMILES string of the molecule is Cc1cc(C2(C(=O)NC3c4ccccc4CCC3C)CC2)on1. The van der Waals surface area contributed by atoms with Crippen molar-refractivity contribution in [3.63, 3.8) is 0 Å². The fraction of sp³-hybridized carbons (Fsp3) is 0.474. The Balaban J connectivity index is 1.60. The molecule has 120 valence electrons. The van der Waals surface area contributed by atoms with E-state index in [9.17, 15) is 4.79 Å². The second-order valence-electron chi connectivity index (χ2n) is 7.08. The minimum absolute atomic E-state index is 0.0854. The molecule has 2 atom stereocenters. The lowest BCUT2D eigenvalue weighted by molar-refractivity contribution is -0.125. The number of aryl methyl sites for hydroxylation is 2. The van der Waals surface area contributed by atoms with Gasteiger partial charge in [-0.2, -0.15) is 0 Å². The van der Waals surface area contributed by atoms with E-state index < -0.39 is 5.41 Å². The monoisotopic (exact) mass is 310 g/mol. The molecule has 1 saturated carbocycles. The lowest BCUT2D eigenvalue weighted by Gasteiger charge is -2.33. The Morgan fingerprint density at radius 3 is 2.83 bits per heavy atom. The van der Waals surface area contributed by atoms with Gasteiger partial charge in [-0.25, -0.2) is 0 Å². The van der Waals surface area contributed by atoms with Gasteiger partial charge in [0.1, 0.15) is 5.41 Å². The lowest BCUT2D eigenvalue weighted by Crippen LogP contribution is -2.41. The number of amides is 1. The van der Waals surface area contributed by atoms with E-state index in [0.29, 0.717) is 11.7 Å². The Morgan fingerprint density at radius 2 is 2.13 bits per heavy atom. The zero-order valence-electron chi connectivity index (χ0n) is 13.6. The molecule has 1 fully saturated rings.